The van der Waals surface area contributed by atoms with Gasteiger partial charge in [0.15, 0.2) is 5.96 Å². The number of nitrogens with zero attached hydrogens (tertiary/aromatic N) is 1. The van der Waals surface area contributed by atoms with Crippen LogP contribution < -0.4 is 15.4 Å². The first-order valence-electron chi connectivity index (χ1n) is 9.47. The highest BCUT2D eigenvalue weighted by Gasteiger charge is 2.37. The minimum atomic E-state index is 0.119. The van der Waals surface area contributed by atoms with E-state index in [9.17, 15) is 0 Å². The van der Waals surface area contributed by atoms with Crippen molar-refractivity contribution < 1.29 is 9.47 Å². The molecule has 138 valence electrons. The molecule has 5 heteroatoms. The SMILES string of the molecule is CN=C(NCC1CCCO1)NCC1(c2ccccc2OC)CCCC1. The second-order valence-electron chi connectivity index (χ2n) is 7.13. The normalized spacial score (nSPS) is 22.8. The van der Waals surface area contributed by atoms with Gasteiger partial charge in [-0.05, 0) is 31.7 Å². The van der Waals surface area contributed by atoms with Crippen LogP contribution in [0.3, 0.4) is 0 Å². The molecule has 0 aromatic heterocycles. The van der Waals surface area contributed by atoms with Crippen LogP contribution in [0.15, 0.2) is 29.3 Å². The largest absolute Gasteiger partial charge is 0.496 e. The van der Waals surface area contributed by atoms with E-state index in [0.717, 1.165) is 44.2 Å². The standard InChI is InChI=1S/C20H31N3O2/c1-21-19(22-14-16-8-7-13-25-16)23-15-20(11-5-6-12-20)17-9-3-4-10-18(17)24-2/h3-4,9-10,16H,5-8,11-15H2,1-2H3,(H2,21,22,23). The molecule has 2 N–H and O–H groups in total. The number of rotatable bonds is 6. The van der Waals surface area contributed by atoms with Gasteiger partial charge in [-0.3, -0.25) is 4.99 Å². The minimum absolute atomic E-state index is 0.119. The van der Waals surface area contributed by atoms with Crippen molar-refractivity contribution in [2.24, 2.45) is 4.99 Å². The van der Waals surface area contributed by atoms with Crippen molar-refractivity contribution in [2.75, 3.05) is 33.9 Å². The smallest absolute Gasteiger partial charge is 0.191 e. The van der Waals surface area contributed by atoms with E-state index in [-0.39, 0.29) is 5.41 Å². The van der Waals surface area contributed by atoms with Crippen molar-refractivity contribution in [3.8, 4) is 5.75 Å². The molecule has 3 rings (SSSR count). The van der Waals surface area contributed by atoms with Crippen LogP contribution in [0.2, 0.25) is 0 Å². The predicted octanol–water partition coefficient (Wildman–Crippen LogP) is 2.85. The summed E-state index contributed by atoms with van der Waals surface area (Å²) in [4.78, 5) is 4.38. The van der Waals surface area contributed by atoms with E-state index >= 15 is 0 Å². The summed E-state index contributed by atoms with van der Waals surface area (Å²) in [6.07, 6.45) is 7.51. The van der Waals surface area contributed by atoms with Gasteiger partial charge in [-0.2, -0.15) is 0 Å². The number of guanidine groups is 1. The third-order valence-corrected chi connectivity index (χ3v) is 5.58. The molecule has 25 heavy (non-hydrogen) atoms. The summed E-state index contributed by atoms with van der Waals surface area (Å²) in [6, 6.07) is 8.44. The molecule has 0 spiro atoms. The number of benzene rings is 1. The third kappa shape index (κ3) is 4.27. The van der Waals surface area contributed by atoms with Crippen molar-refractivity contribution in [3.63, 3.8) is 0 Å². The zero-order chi connectivity index (χ0) is 17.5. The first-order chi connectivity index (χ1) is 12.3. The zero-order valence-electron chi connectivity index (χ0n) is 15.5. The van der Waals surface area contributed by atoms with Gasteiger partial charge >= 0.3 is 0 Å². The van der Waals surface area contributed by atoms with E-state index in [0.29, 0.717) is 6.10 Å². The van der Waals surface area contributed by atoms with Crippen molar-refractivity contribution in [1.82, 2.24) is 10.6 Å². The maximum Gasteiger partial charge on any atom is 0.191 e. The predicted molar refractivity (Wildman–Crippen MR) is 101 cm³/mol. The average molecular weight is 345 g/mol. The van der Waals surface area contributed by atoms with Gasteiger partial charge < -0.3 is 20.1 Å². The van der Waals surface area contributed by atoms with E-state index in [1.54, 1.807) is 7.11 Å². The average Bonchev–Trinajstić information content (AvgIpc) is 3.34. The van der Waals surface area contributed by atoms with Gasteiger partial charge in [0.05, 0.1) is 13.2 Å². The van der Waals surface area contributed by atoms with E-state index in [2.05, 4.69) is 33.8 Å². The molecule has 1 aromatic carbocycles. The quantitative estimate of drug-likeness (QED) is 0.615. The lowest BCUT2D eigenvalue weighted by Gasteiger charge is -2.32. The Balaban J connectivity index is 1.65. The van der Waals surface area contributed by atoms with Crippen LogP contribution in [-0.2, 0) is 10.2 Å². The number of hydrogen-bond acceptors (Lipinski definition) is 3. The van der Waals surface area contributed by atoms with Gasteiger partial charge in [0, 0.05) is 37.7 Å². The fourth-order valence-electron chi connectivity index (χ4n) is 4.17. The van der Waals surface area contributed by atoms with Gasteiger partial charge in [-0.15, -0.1) is 0 Å². The van der Waals surface area contributed by atoms with E-state index < -0.39 is 0 Å². The maximum absolute atomic E-state index is 5.68. The van der Waals surface area contributed by atoms with E-state index in [1.807, 2.05) is 13.1 Å². The second kappa shape index (κ2) is 8.56. The Morgan fingerprint density at radius 1 is 1.24 bits per heavy atom. The number of aliphatic imine (C=N–C) groups is 1. The van der Waals surface area contributed by atoms with Crippen LogP contribution in [0.1, 0.15) is 44.1 Å². The lowest BCUT2D eigenvalue weighted by atomic mass is 9.78. The lowest BCUT2D eigenvalue weighted by Crippen LogP contribution is -2.46. The number of methoxy groups -OCH3 is 1. The van der Waals surface area contributed by atoms with E-state index in [1.165, 1.54) is 31.2 Å². The Morgan fingerprint density at radius 2 is 2.04 bits per heavy atom. The molecule has 2 fully saturated rings. The van der Waals surface area contributed by atoms with Crippen LogP contribution in [0.25, 0.3) is 0 Å². The van der Waals surface area contributed by atoms with Gasteiger partial charge in [0.2, 0.25) is 0 Å². The molecule has 2 aliphatic rings. The Hall–Kier alpha value is -1.75. The first kappa shape index (κ1) is 18.1. The van der Waals surface area contributed by atoms with Crippen LogP contribution >= 0.6 is 0 Å². The third-order valence-electron chi connectivity index (χ3n) is 5.58. The minimum Gasteiger partial charge on any atom is -0.496 e. The Bertz CT molecular complexity index is 576. The lowest BCUT2D eigenvalue weighted by molar-refractivity contribution is 0.113. The zero-order valence-corrected chi connectivity index (χ0v) is 15.5. The van der Waals surface area contributed by atoms with Crippen LogP contribution in [0, 0.1) is 0 Å². The highest BCUT2D eigenvalue weighted by Crippen LogP contribution is 2.44. The van der Waals surface area contributed by atoms with Crippen LogP contribution in [-0.4, -0.2) is 45.9 Å². The Morgan fingerprint density at radius 3 is 2.72 bits per heavy atom. The van der Waals surface area contributed by atoms with Crippen molar-refractivity contribution in [1.29, 1.82) is 0 Å². The molecular formula is C20H31N3O2. The molecule has 0 amide bonds. The number of hydrogen-bond donors (Lipinski definition) is 2. The molecule has 1 aliphatic heterocycles. The highest BCUT2D eigenvalue weighted by molar-refractivity contribution is 5.79. The first-order valence-corrected chi connectivity index (χ1v) is 9.47. The summed E-state index contributed by atoms with van der Waals surface area (Å²) in [7, 11) is 3.59. The van der Waals surface area contributed by atoms with E-state index in [4.69, 9.17) is 9.47 Å². The van der Waals surface area contributed by atoms with Crippen molar-refractivity contribution >= 4 is 5.96 Å². The fraction of sp³-hybridized carbons (Fsp3) is 0.650. The molecule has 1 atom stereocenters. The van der Waals surface area contributed by atoms with Gasteiger partial charge in [0.1, 0.15) is 5.75 Å². The summed E-state index contributed by atoms with van der Waals surface area (Å²) < 4.78 is 11.3. The molecule has 5 nitrogen and oxygen atoms in total. The monoisotopic (exact) mass is 345 g/mol. The summed E-state index contributed by atoms with van der Waals surface area (Å²) in [5.74, 6) is 1.85. The molecule has 1 aliphatic carbocycles. The molecular weight excluding hydrogens is 314 g/mol. The number of ether oxygens (including phenoxy) is 2. The molecule has 0 bridgehead atoms. The number of nitrogens with one attached hydrogen (secondary N) is 2. The summed E-state index contributed by atoms with van der Waals surface area (Å²) in [5.41, 5.74) is 1.44. The van der Waals surface area contributed by atoms with Gasteiger partial charge in [0.25, 0.3) is 0 Å². The molecule has 1 aromatic rings. The summed E-state index contributed by atoms with van der Waals surface area (Å²) in [6.45, 7) is 2.58. The second-order valence-corrected chi connectivity index (χ2v) is 7.13. The summed E-state index contributed by atoms with van der Waals surface area (Å²) >= 11 is 0. The molecule has 1 unspecified atom stereocenters. The molecule has 0 radical (unpaired) electrons. The number of para-hydroxylation sites is 1. The Kier molecular flexibility index (Phi) is 6.19. The molecule has 1 heterocycles. The highest BCUT2D eigenvalue weighted by atomic mass is 16.5. The Labute approximate surface area is 151 Å². The van der Waals surface area contributed by atoms with Crippen molar-refractivity contribution in [2.45, 2.75) is 50.0 Å². The molecule has 1 saturated carbocycles. The fourth-order valence-corrected chi connectivity index (χ4v) is 4.17. The molecule has 1 saturated heterocycles. The maximum atomic E-state index is 5.68. The van der Waals surface area contributed by atoms with Gasteiger partial charge in [-0.25, -0.2) is 0 Å². The summed E-state index contributed by atoms with van der Waals surface area (Å²) in [5, 5.41) is 6.97. The van der Waals surface area contributed by atoms with Crippen LogP contribution in [0.5, 0.6) is 5.75 Å². The topological polar surface area (TPSA) is 54.9 Å². The van der Waals surface area contributed by atoms with Crippen LogP contribution in [0.4, 0.5) is 0 Å². The van der Waals surface area contributed by atoms with Crippen molar-refractivity contribution in [3.05, 3.63) is 29.8 Å². The van der Waals surface area contributed by atoms with Gasteiger partial charge in [-0.1, -0.05) is 31.0 Å².